The van der Waals surface area contributed by atoms with E-state index in [2.05, 4.69) is 10.6 Å². The van der Waals surface area contributed by atoms with Crippen molar-refractivity contribution in [2.45, 2.75) is 6.42 Å². The topological polar surface area (TPSA) is 22.0 Å². The maximum Gasteiger partial charge on any atom is 0.189 e. The van der Waals surface area contributed by atoms with Gasteiger partial charge >= 0.3 is 0 Å². The van der Waals surface area contributed by atoms with Crippen LogP contribution in [0.5, 0.6) is 0 Å². The van der Waals surface area contributed by atoms with Crippen LogP contribution >= 0.6 is 0 Å². The van der Waals surface area contributed by atoms with E-state index in [4.69, 9.17) is 0 Å². The molecule has 0 atom stereocenters. The highest BCUT2D eigenvalue weighted by Crippen LogP contribution is 2.17. The summed E-state index contributed by atoms with van der Waals surface area (Å²) >= 11 is 0. The number of hydrogen-bond acceptors (Lipinski definition) is 1. The van der Waals surface area contributed by atoms with Crippen LogP contribution in [0.1, 0.15) is 5.69 Å². The Hall–Kier alpha value is -1.83. The molecule has 0 N–H and O–H groups in total. The monoisotopic (exact) mass is 183 g/mol. The Morgan fingerprint density at radius 3 is 3.00 bits per heavy atom. The van der Waals surface area contributed by atoms with Crippen LogP contribution in [0.3, 0.4) is 0 Å². The first-order valence-corrected chi connectivity index (χ1v) is 4.66. The van der Waals surface area contributed by atoms with E-state index in [1.54, 1.807) is 6.07 Å². The van der Waals surface area contributed by atoms with E-state index in [1.165, 1.54) is 0 Å². The summed E-state index contributed by atoms with van der Waals surface area (Å²) < 4.78 is 2.08. The first kappa shape index (κ1) is 7.56. The normalized spacial score (nSPS) is 13.4. The summed E-state index contributed by atoms with van der Waals surface area (Å²) in [5.74, 6) is 0. The van der Waals surface area contributed by atoms with Crippen molar-refractivity contribution >= 4 is 17.1 Å². The molecule has 2 nitrogen and oxygen atoms in total. The zero-order valence-electron chi connectivity index (χ0n) is 7.60. The largest absolute Gasteiger partial charge is 0.320 e. The molecular formula is C12H9NO. The zero-order valence-corrected chi connectivity index (χ0v) is 7.60. The lowest BCUT2D eigenvalue weighted by atomic mass is 10.2. The van der Waals surface area contributed by atoms with Crippen LogP contribution < -0.4 is 5.43 Å². The predicted octanol–water partition coefficient (Wildman–Crippen LogP) is 2.03. The Labute approximate surface area is 81.1 Å². The molecule has 14 heavy (non-hydrogen) atoms. The van der Waals surface area contributed by atoms with Crippen LogP contribution in [0.4, 0.5) is 0 Å². The SMILES string of the molecule is O=c1cc2n(c3ccccc13)C=CC2. The summed E-state index contributed by atoms with van der Waals surface area (Å²) in [4.78, 5) is 11.7. The lowest BCUT2D eigenvalue weighted by molar-refractivity contribution is 1.08. The molecule has 3 rings (SSSR count). The Balaban J connectivity index is 2.59. The fourth-order valence-corrected chi connectivity index (χ4v) is 1.96. The van der Waals surface area contributed by atoms with Gasteiger partial charge in [-0.15, -0.1) is 0 Å². The smallest absolute Gasteiger partial charge is 0.189 e. The predicted molar refractivity (Wildman–Crippen MR) is 57.2 cm³/mol. The highest BCUT2D eigenvalue weighted by atomic mass is 16.1. The molecule has 0 radical (unpaired) electrons. The van der Waals surface area contributed by atoms with E-state index in [-0.39, 0.29) is 5.43 Å². The number of allylic oxidation sites excluding steroid dienone is 1. The Bertz CT molecular complexity index is 593. The number of fused-ring (bicyclic) bond motifs is 3. The van der Waals surface area contributed by atoms with Gasteiger partial charge in [-0.1, -0.05) is 18.2 Å². The molecule has 2 aromatic rings. The standard InChI is InChI=1S/C12H9NO/c14-12-8-9-4-3-7-13(9)11-6-2-1-5-10(11)12/h1-3,5-8H,4H2. The van der Waals surface area contributed by atoms with Crippen LogP contribution in [-0.4, -0.2) is 4.57 Å². The van der Waals surface area contributed by atoms with Crippen molar-refractivity contribution in [3.63, 3.8) is 0 Å². The maximum absolute atomic E-state index is 11.7. The zero-order chi connectivity index (χ0) is 9.54. The minimum absolute atomic E-state index is 0.121. The van der Waals surface area contributed by atoms with E-state index in [0.29, 0.717) is 0 Å². The van der Waals surface area contributed by atoms with Gasteiger partial charge in [0.2, 0.25) is 0 Å². The van der Waals surface area contributed by atoms with Crippen LogP contribution in [0, 0.1) is 0 Å². The first-order chi connectivity index (χ1) is 6.86. The molecule has 1 aliphatic rings. The second kappa shape index (κ2) is 2.58. The molecule has 2 heteroatoms. The third-order valence-electron chi connectivity index (χ3n) is 2.62. The van der Waals surface area contributed by atoms with E-state index in [9.17, 15) is 4.79 Å². The van der Waals surface area contributed by atoms with Gasteiger partial charge in [0, 0.05) is 29.8 Å². The van der Waals surface area contributed by atoms with Gasteiger partial charge in [-0.3, -0.25) is 4.79 Å². The van der Waals surface area contributed by atoms with Crippen LogP contribution in [-0.2, 0) is 6.42 Å². The number of nitrogens with zero attached hydrogens (tertiary/aromatic N) is 1. The molecule has 0 amide bonds. The second-order valence-corrected chi connectivity index (χ2v) is 3.48. The molecule has 0 saturated heterocycles. The van der Waals surface area contributed by atoms with E-state index in [0.717, 1.165) is 23.0 Å². The summed E-state index contributed by atoms with van der Waals surface area (Å²) in [6, 6.07) is 9.44. The highest BCUT2D eigenvalue weighted by molar-refractivity contribution is 5.81. The van der Waals surface area contributed by atoms with E-state index in [1.807, 2.05) is 30.5 Å². The van der Waals surface area contributed by atoms with Crippen molar-refractivity contribution in [3.05, 3.63) is 52.3 Å². The number of para-hydroxylation sites is 1. The molecule has 0 unspecified atom stereocenters. The van der Waals surface area contributed by atoms with Crippen molar-refractivity contribution in [1.82, 2.24) is 4.57 Å². The molecule has 1 aromatic heterocycles. The van der Waals surface area contributed by atoms with E-state index < -0.39 is 0 Å². The average molecular weight is 183 g/mol. The van der Waals surface area contributed by atoms with Crippen LogP contribution in [0.25, 0.3) is 17.1 Å². The van der Waals surface area contributed by atoms with Gasteiger partial charge in [-0.25, -0.2) is 0 Å². The van der Waals surface area contributed by atoms with E-state index >= 15 is 0 Å². The molecule has 0 saturated carbocycles. The van der Waals surface area contributed by atoms with Gasteiger partial charge < -0.3 is 4.57 Å². The third-order valence-corrected chi connectivity index (χ3v) is 2.62. The van der Waals surface area contributed by atoms with Crippen LogP contribution in [0.2, 0.25) is 0 Å². The first-order valence-electron chi connectivity index (χ1n) is 4.66. The number of aromatic nitrogens is 1. The summed E-state index contributed by atoms with van der Waals surface area (Å²) in [5.41, 5.74) is 2.20. The van der Waals surface area contributed by atoms with Crippen molar-refractivity contribution in [3.8, 4) is 0 Å². The minimum atomic E-state index is 0.121. The van der Waals surface area contributed by atoms with Gasteiger partial charge in [0.1, 0.15) is 0 Å². The average Bonchev–Trinajstić information content (AvgIpc) is 2.66. The van der Waals surface area contributed by atoms with Crippen LogP contribution in [0.15, 0.2) is 41.2 Å². The molecule has 2 heterocycles. The van der Waals surface area contributed by atoms with Crippen molar-refractivity contribution in [2.75, 3.05) is 0 Å². The molecular weight excluding hydrogens is 174 g/mol. The number of pyridine rings is 1. The number of rotatable bonds is 0. The summed E-state index contributed by atoms with van der Waals surface area (Å²) in [7, 11) is 0. The second-order valence-electron chi connectivity index (χ2n) is 3.48. The fourth-order valence-electron chi connectivity index (χ4n) is 1.96. The lowest BCUT2D eigenvalue weighted by Gasteiger charge is -2.06. The summed E-state index contributed by atoms with van der Waals surface area (Å²) in [6.45, 7) is 0. The molecule has 68 valence electrons. The molecule has 1 aromatic carbocycles. The third kappa shape index (κ3) is 0.880. The molecule has 0 aliphatic carbocycles. The van der Waals surface area contributed by atoms with Gasteiger partial charge in [-0.2, -0.15) is 0 Å². The van der Waals surface area contributed by atoms with Crippen molar-refractivity contribution in [2.24, 2.45) is 0 Å². The van der Waals surface area contributed by atoms with Gasteiger partial charge in [0.15, 0.2) is 5.43 Å². The molecule has 0 spiro atoms. The molecule has 0 fully saturated rings. The quantitative estimate of drug-likeness (QED) is 0.612. The maximum atomic E-state index is 11.7. The van der Waals surface area contributed by atoms with Gasteiger partial charge in [0.25, 0.3) is 0 Å². The summed E-state index contributed by atoms with van der Waals surface area (Å²) in [6.07, 6.45) is 4.96. The van der Waals surface area contributed by atoms with Gasteiger partial charge in [-0.05, 0) is 12.1 Å². The number of benzene rings is 1. The molecule has 1 aliphatic heterocycles. The van der Waals surface area contributed by atoms with Crippen molar-refractivity contribution in [1.29, 1.82) is 0 Å². The molecule has 0 bridgehead atoms. The fraction of sp³-hybridized carbons (Fsp3) is 0.0833. The Kier molecular flexibility index (Phi) is 1.39. The Morgan fingerprint density at radius 2 is 2.07 bits per heavy atom. The number of hydrogen-bond donors (Lipinski definition) is 0. The highest BCUT2D eigenvalue weighted by Gasteiger charge is 2.08. The van der Waals surface area contributed by atoms with Crippen molar-refractivity contribution < 1.29 is 0 Å². The minimum Gasteiger partial charge on any atom is -0.320 e. The Morgan fingerprint density at radius 1 is 1.21 bits per heavy atom. The lowest BCUT2D eigenvalue weighted by Crippen LogP contribution is -2.07. The summed E-state index contributed by atoms with van der Waals surface area (Å²) in [5, 5.41) is 0.794. The van der Waals surface area contributed by atoms with Gasteiger partial charge in [0.05, 0.1) is 5.52 Å².